The molecule has 0 radical (unpaired) electrons. The lowest BCUT2D eigenvalue weighted by molar-refractivity contribution is 0.0773. The third-order valence-electron chi connectivity index (χ3n) is 4.95. The summed E-state index contributed by atoms with van der Waals surface area (Å²) in [6.07, 6.45) is 2.75. The second kappa shape index (κ2) is 8.23. The summed E-state index contributed by atoms with van der Waals surface area (Å²) >= 11 is 1.84. The average molecular weight is 443 g/mol. The minimum absolute atomic E-state index is 0.0690. The first-order valence-electron chi connectivity index (χ1n) is 9.53. The van der Waals surface area contributed by atoms with Crippen molar-refractivity contribution < 1.29 is 13.2 Å². The Kier molecular flexibility index (Phi) is 5.66. The van der Waals surface area contributed by atoms with Gasteiger partial charge in [-0.15, -0.1) is 0 Å². The molecule has 3 aromatic rings. The van der Waals surface area contributed by atoms with Gasteiger partial charge in [0.1, 0.15) is 0 Å². The first kappa shape index (κ1) is 20.6. The van der Waals surface area contributed by atoms with Crippen molar-refractivity contribution >= 4 is 49.9 Å². The number of carbonyl (C=O) groups is 1. The fourth-order valence-corrected chi connectivity index (χ4v) is 4.87. The first-order chi connectivity index (χ1) is 14.3. The predicted molar refractivity (Wildman–Crippen MR) is 120 cm³/mol. The topological polar surface area (TPSA) is 92.3 Å². The van der Waals surface area contributed by atoms with Crippen LogP contribution in [0.25, 0.3) is 11.0 Å². The van der Waals surface area contributed by atoms with Gasteiger partial charge in [0.2, 0.25) is 0 Å². The van der Waals surface area contributed by atoms with Gasteiger partial charge in [-0.25, -0.2) is 18.4 Å². The first-order valence-corrected chi connectivity index (χ1v) is 12.6. The molecule has 0 aliphatic carbocycles. The van der Waals surface area contributed by atoms with Gasteiger partial charge in [0.25, 0.3) is 5.91 Å². The largest absolute Gasteiger partial charge is 0.354 e. The normalized spacial score (nSPS) is 14.7. The van der Waals surface area contributed by atoms with E-state index >= 15 is 0 Å². The molecule has 0 atom stereocenters. The van der Waals surface area contributed by atoms with E-state index in [2.05, 4.69) is 15.3 Å². The zero-order chi connectivity index (χ0) is 21.3. The molecule has 1 amide bonds. The maximum atomic E-state index is 13.2. The van der Waals surface area contributed by atoms with E-state index in [-0.39, 0.29) is 10.8 Å². The lowest BCUT2D eigenvalue weighted by atomic mass is 10.1. The Bertz CT molecular complexity index is 1200. The van der Waals surface area contributed by atoms with E-state index in [0.29, 0.717) is 35.7 Å². The van der Waals surface area contributed by atoms with Crippen LogP contribution in [0.3, 0.4) is 0 Å². The Morgan fingerprint density at radius 3 is 2.47 bits per heavy atom. The van der Waals surface area contributed by atoms with E-state index in [1.54, 1.807) is 30.5 Å². The van der Waals surface area contributed by atoms with Crippen molar-refractivity contribution in [2.24, 2.45) is 0 Å². The molecule has 1 fully saturated rings. The van der Waals surface area contributed by atoms with Crippen LogP contribution >= 0.6 is 11.8 Å². The third-order valence-corrected chi connectivity index (χ3v) is 7.02. The van der Waals surface area contributed by atoms with Crippen LogP contribution < -0.4 is 5.32 Å². The van der Waals surface area contributed by atoms with Crippen LogP contribution in [0.2, 0.25) is 0 Å². The standard InChI is InChI=1S/C21H22N4O3S2/c1-14-3-8-17-19(24-15-4-6-16(7-5-15)30(2,27)28)18(13-22-20(17)23-14)21(26)25-9-11-29-12-10-25/h3-8,13H,9-12H2,1-2H3,(H,22,23,24). The minimum atomic E-state index is -3.28. The Balaban J connectivity index is 1.78. The molecule has 1 N–H and O–H groups in total. The van der Waals surface area contributed by atoms with Gasteiger partial charge in [-0.2, -0.15) is 11.8 Å². The SMILES string of the molecule is Cc1ccc2c(Nc3ccc(S(C)(=O)=O)cc3)c(C(=O)N3CCSCC3)cnc2n1. The van der Waals surface area contributed by atoms with E-state index in [9.17, 15) is 13.2 Å². The highest BCUT2D eigenvalue weighted by molar-refractivity contribution is 7.99. The number of hydrogen-bond acceptors (Lipinski definition) is 7. The fraction of sp³-hybridized carbons (Fsp3) is 0.286. The lowest BCUT2D eigenvalue weighted by Gasteiger charge is -2.27. The Labute approximate surface area is 179 Å². The molecule has 0 unspecified atom stereocenters. The highest BCUT2D eigenvalue weighted by atomic mass is 32.2. The maximum Gasteiger partial charge on any atom is 0.257 e. The summed E-state index contributed by atoms with van der Waals surface area (Å²) in [6.45, 7) is 3.30. The molecule has 1 aromatic carbocycles. The molecular weight excluding hydrogens is 420 g/mol. The van der Waals surface area contributed by atoms with Crippen molar-refractivity contribution in [1.82, 2.24) is 14.9 Å². The molecule has 1 aliphatic rings. The summed E-state index contributed by atoms with van der Waals surface area (Å²) < 4.78 is 23.5. The summed E-state index contributed by atoms with van der Waals surface area (Å²) in [5, 5.41) is 4.05. The third kappa shape index (κ3) is 4.27. The van der Waals surface area contributed by atoms with E-state index in [1.165, 1.54) is 6.26 Å². The summed E-state index contributed by atoms with van der Waals surface area (Å²) in [5.41, 5.74) is 3.18. The molecular formula is C21H22N4O3S2. The Morgan fingerprint density at radius 1 is 1.10 bits per heavy atom. The predicted octanol–water partition coefficient (Wildman–Crippen LogP) is 3.27. The van der Waals surface area contributed by atoms with Gasteiger partial charge >= 0.3 is 0 Å². The van der Waals surface area contributed by atoms with Crippen LogP contribution in [0.1, 0.15) is 16.1 Å². The maximum absolute atomic E-state index is 13.2. The van der Waals surface area contributed by atoms with Crippen molar-refractivity contribution in [2.45, 2.75) is 11.8 Å². The number of aromatic nitrogens is 2. The van der Waals surface area contributed by atoms with Gasteiger partial charge in [0, 0.05) is 53.8 Å². The number of rotatable bonds is 4. The number of benzene rings is 1. The molecule has 0 spiro atoms. The van der Waals surface area contributed by atoms with Gasteiger partial charge < -0.3 is 10.2 Å². The smallest absolute Gasteiger partial charge is 0.257 e. The molecule has 4 rings (SSSR count). The summed E-state index contributed by atoms with van der Waals surface area (Å²) in [7, 11) is -3.28. The van der Waals surface area contributed by atoms with Crippen LogP contribution in [-0.2, 0) is 9.84 Å². The number of amides is 1. The van der Waals surface area contributed by atoms with Gasteiger partial charge in [-0.1, -0.05) is 0 Å². The number of thioether (sulfide) groups is 1. The van der Waals surface area contributed by atoms with Crippen LogP contribution in [0.4, 0.5) is 11.4 Å². The lowest BCUT2D eigenvalue weighted by Crippen LogP contribution is -2.38. The van der Waals surface area contributed by atoms with Gasteiger partial charge in [-0.3, -0.25) is 4.79 Å². The number of anilines is 2. The number of carbonyl (C=O) groups excluding carboxylic acids is 1. The molecule has 2 aromatic heterocycles. The number of fused-ring (bicyclic) bond motifs is 1. The Hall–Kier alpha value is -2.65. The van der Waals surface area contributed by atoms with E-state index in [0.717, 1.165) is 22.6 Å². The van der Waals surface area contributed by atoms with Crippen molar-refractivity contribution in [1.29, 1.82) is 0 Å². The van der Waals surface area contributed by atoms with Crippen molar-refractivity contribution in [3.63, 3.8) is 0 Å². The van der Waals surface area contributed by atoms with Crippen LogP contribution in [0, 0.1) is 6.92 Å². The summed E-state index contributed by atoms with van der Waals surface area (Å²) in [5.74, 6) is 1.77. The van der Waals surface area contributed by atoms with Crippen molar-refractivity contribution in [2.75, 3.05) is 36.2 Å². The number of aryl methyl sites for hydroxylation is 1. The number of nitrogens with one attached hydrogen (secondary N) is 1. The van der Waals surface area contributed by atoms with Gasteiger partial charge in [0.05, 0.1) is 16.1 Å². The van der Waals surface area contributed by atoms with E-state index in [1.807, 2.05) is 35.7 Å². The zero-order valence-electron chi connectivity index (χ0n) is 16.8. The quantitative estimate of drug-likeness (QED) is 0.663. The van der Waals surface area contributed by atoms with Gasteiger partial charge in [0.15, 0.2) is 15.5 Å². The van der Waals surface area contributed by atoms with E-state index < -0.39 is 9.84 Å². The number of nitrogens with zero attached hydrogens (tertiary/aromatic N) is 3. The molecule has 3 heterocycles. The molecule has 1 saturated heterocycles. The fourth-order valence-electron chi connectivity index (χ4n) is 3.34. The average Bonchev–Trinajstić information content (AvgIpc) is 2.73. The second-order valence-corrected chi connectivity index (χ2v) is 10.4. The molecule has 7 nitrogen and oxygen atoms in total. The highest BCUT2D eigenvalue weighted by Crippen LogP contribution is 2.30. The van der Waals surface area contributed by atoms with E-state index in [4.69, 9.17) is 0 Å². The second-order valence-electron chi connectivity index (χ2n) is 7.20. The van der Waals surface area contributed by atoms with Crippen LogP contribution in [0.15, 0.2) is 47.5 Å². The van der Waals surface area contributed by atoms with Gasteiger partial charge in [-0.05, 0) is 43.3 Å². The number of sulfone groups is 1. The molecule has 156 valence electrons. The van der Waals surface area contributed by atoms with Crippen LogP contribution in [0.5, 0.6) is 0 Å². The minimum Gasteiger partial charge on any atom is -0.354 e. The molecule has 9 heteroatoms. The van der Waals surface area contributed by atoms with Crippen molar-refractivity contribution in [3.8, 4) is 0 Å². The summed E-state index contributed by atoms with van der Waals surface area (Å²) in [6, 6.07) is 10.3. The molecule has 0 bridgehead atoms. The number of hydrogen-bond donors (Lipinski definition) is 1. The van der Waals surface area contributed by atoms with Crippen molar-refractivity contribution in [3.05, 3.63) is 53.9 Å². The van der Waals surface area contributed by atoms with Crippen LogP contribution in [-0.4, -0.2) is 60.0 Å². The molecule has 30 heavy (non-hydrogen) atoms. The highest BCUT2D eigenvalue weighted by Gasteiger charge is 2.23. The molecule has 1 aliphatic heterocycles. The Morgan fingerprint density at radius 2 is 1.80 bits per heavy atom. The number of pyridine rings is 2. The summed E-state index contributed by atoms with van der Waals surface area (Å²) in [4.78, 5) is 24.2. The zero-order valence-corrected chi connectivity index (χ0v) is 18.4. The molecule has 0 saturated carbocycles. The monoisotopic (exact) mass is 442 g/mol.